The van der Waals surface area contributed by atoms with Gasteiger partial charge >= 0.3 is 5.97 Å². The van der Waals surface area contributed by atoms with Crippen LogP contribution >= 0.6 is 23.2 Å². The van der Waals surface area contributed by atoms with Crippen molar-refractivity contribution in [3.63, 3.8) is 0 Å². The fourth-order valence-electron chi connectivity index (χ4n) is 1.80. The van der Waals surface area contributed by atoms with E-state index >= 15 is 0 Å². The maximum atomic E-state index is 12.2. The second-order valence-corrected chi connectivity index (χ2v) is 5.11. The van der Waals surface area contributed by atoms with E-state index in [-0.39, 0.29) is 17.0 Å². The van der Waals surface area contributed by atoms with Gasteiger partial charge in [-0.25, -0.2) is 0 Å². The minimum atomic E-state index is -1.06. The Kier molecular flexibility index (Phi) is 4.88. The highest BCUT2D eigenvalue weighted by Gasteiger charge is 2.22. The van der Waals surface area contributed by atoms with Crippen LogP contribution in [0.1, 0.15) is 28.6 Å². The van der Waals surface area contributed by atoms with Crippen molar-refractivity contribution in [1.82, 2.24) is 5.32 Å². The quantitative estimate of drug-likeness (QED) is 0.880. The van der Waals surface area contributed by atoms with Crippen molar-refractivity contribution in [3.05, 3.63) is 58.0 Å². The molecule has 2 N–H and O–H groups in total. The van der Waals surface area contributed by atoms with Crippen LogP contribution < -0.4 is 5.32 Å². The summed E-state index contributed by atoms with van der Waals surface area (Å²) in [4.78, 5) is 23.1. The van der Waals surface area contributed by atoms with Crippen LogP contribution in [0.25, 0.3) is 0 Å². The fraction of sp³-hybridized carbons (Fsp3) is 0.143. The number of carboxylic acids is 1. The van der Waals surface area contributed by atoms with Gasteiger partial charge in [0.05, 0.1) is 29.3 Å². The molecule has 0 radical (unpaired) electrons. The number of hydrogen-bond donors (Lipinski definition) is 2. The topological polar surface area (TPSA) is 79.5 Å². The van der Waals surface area contributed by atoms with Gasteiger partial charge in [-0.1, -0.05) is 23.2 Å². The number of hydrogen-bond acceptors (Lipinski definition) is 3. The summed E-state index contributed by atoms with van der Waals surface area (Å²) in [6.07, 6.45) is 1.11. The van der Waals surface area contributed by atoms with E-state index in [0.29, 0.717) is 10.8 Å². The minimum Gasteiger partial charge on any atom is -0.481 e. The molecule has 0 fully saturated rings. The lowest BCUT2D eigenvalue weighted by Crippen LogP contribution is -2.30. The molecule has 1 heterocycles. The number of benzene rings is 1. The predicted octanol–water partition coefficient (Wildman–Crippen LogP) is 3.53. The standard InChI is InChI=1S/C14H11Cl2NO4/c15-8-3-4-9(10(16)6-8)14(20)17-11(7-13(18)19)12-2-1-5-21-12/h1-6,11H,7H2,(H,17,20)(H,18,19). The van der Waals surface area contributed by atoms with Gasteiger partial charge in [0.15, 0.2) is 0 Å². The maximum absolute atomic E-state index is 12.2. The van der Waals surface area contributed by atoms with Crippen LogP contribution in [0.5, 0.6) is 0 Å². The number of amides is 1. The molecular weight excluding hydrogens is 317 g/mol. The van der Waals surface area contributed by atoms with Crippen LogP contribution in [0.3, 0.4) is 0 Å². The smallest absolute Gasteiger partial charge is 0.305 e. The molecule has 7 heteroatoms. The summed E-state index contributed by atoms with van der Waals surface area (Å²) in [6, 6.07) is 6.87. The Morgan fingerprint density at radius 3 is 2.62 bits per heavy atom. The third-order valence-corrected chi connectivity index (χ3v) is 3.29. The lowest BCUT2D eigenvalue weighted by Gasteiger charge is -2.15. The first-order valence-corrected chi connectivity index (χ1v) is 6.74. The molecule has 0 aliphatic heterocycles. The lowest BCUT2D eigenvalue weighted by molar-refractivity contribution is -0.137. The van der Waals surface area contributed by atoms with Gasteiger partial charge in [0, 0.05) is 5.02 Å². The van der Waals surface area contributed by atoms with Crippen LogP contribution in [-0.2, 0) is 4.79 Å². The summed E-state index contributed by atoms with van der Waals surface area (Å²) in [5.41, 5.74) is 0.211. The molecule has 0 spiro atoms. The molecule has 0 aliphatic rings. The highest BCUT2D eigenvalue weighted by atomic mass is 35.5. The molecule has 110 valence electrons. The first-order valence-electron chi connectivity index (χ1n) is 5.98. The molecule has 1 aromatic carbocycles. The second kappa shape index (κ2) is 6.65. The van der Waals surface area contributed by atoms with Gasteiger partial charge < -0.3 is 14.8 Å². The zero-order valence-electron chi connectivity index (χ0n) is 10.7. The summed E-state index contributed by atoms with van der Waals surface area (Å²) in [5.74, 6) is -1.20. The van der Waals surface area contributed by atoms with Crippen molar-refractivity contribution >= 4 is 35.1 Å². The Hall–Kier alpha value is -1.98. The minimum absolute atomic E-state index is 0.188. The van der Waals surface area contributed by atoms with E-state index in [1.165, 1.54) is 24.5 Å². The number of halogens is 2. The number of furan rings is 1. The Balaban J connectivity index is 2.20. The number of carbonyl (C=O) groups excluding carboxylic acids is 1. The Bertz CT molecular complexity index is 655. The monoisotopic (exact) mass is 327 g/mol. The molecule has 0 bridgehead atoms. The maximum Gasteiger partial charge on any atom is 0.305 e. The van der Waals surface area contributed by atoms with Gasteiger partial charge in [-0.3, -0.25) is 9.59 Å². The highest BCUT2D eigenvalue weighted by Crippen LogP contribution is 2.23. The molecule has 1 aromatic heterocycles. The molecule has 0 saturated heterocycles. The highest BCUT2D eigenvalue weighted by molar-refractivity contribution is 6.36. The average molecular weight is 328 g/mol. The van der Waals surface area contributed by atoms with Crippen LogP contribution in [0.2, 0.25) is 10.0 Å². The Morgan fingerprint density at radius 2 is 2.05 bits per heavy atom. The van der Waals surface area contributed by atoms with E-state index in [1.807, 2.05) is 0 Å². The molecule has 21 heavy (non-hydrogen) atoms. The summed E-state index contributed by atoms with van der Waals surface area (Å²) in [5, 5.41) is 12.1. The first kappa shape index (κ1) is 15.4. The second-order valence-electron chi connectivity index (χ2n) is 4.26. The third-order valence-electron chi connectivity index (χ3n) is 2.75. The van der Waals surface area contributed by atoms with Crippen molar-refractivity contribution in [2.24, 2.45) is 0 Å². The van der Waals surface area contributed by atoms with Gasteiger partial charge in [0.25, 0.3) is 5.91 Å². The van der Waals surface area contributed by atoms with Crippen molar-refractivity contribution in [2.75, 3.05) is 0 Å². The number of aliphatic carboxylic acids is 1. The van der Waals surface area contributed by atoms with Crippen molar-refractivity contribution < 1.29 is 19.1 Å². The summed E-state index contributed by atoms with van der Waals surface area (Å²) < 4.78 is 5.15. The van der Waals surface area contributed by atoms with Crippen molar-refractivity contribution in [1.29, 1.82) is 0 Å². The molecule has 0 saturated carbocycles. The van der Waals surface area contributed by atoms with E-state index in [2.05, 4.69) is 5.32 Å². The van der Waals surface area contributed by atoms with Gasteiger partial charge in [0.2, 0.25) is 0 Å². The van der Waals surface area contributed by atoms with Crippen molar-refractivity contribution in [3.8, 4) is 0 Å². The fourth-order valence-corrected chi connectivity index (χ4v) is 2.29. The number of carbonyl (C=O) groups is 2. The van der Waals surface area contributed by atoms with Crippen LogP contribution in [0.15, 0.2) is 41.0 Å². The van der Waals surface area contributed by atoms with E-state index < -0.39 is 17.9 Å². The van der Waals surface area contributed by atoms with Crippen LogP contribution in [0, 0.1) is 0 Å². The molecule has 5 nitrogen and oxygen atoms in total. The lowest BCUT2D eigenvalue weighted by atomic mass is 10.1. The SMILES string of the molecule is O=C(O)CC(NC(=O)c1ccc(Cl)cc1Cl)c1ccco1. The van der Waals surface area contributed by atoms with Gasteiger partial charge in [-0.05, 0) is 30.3 Å². The zero-order chi connectivity index (χ0) is 15.4. The van der Waals surface area contributed by atoms with E-state index in [1.54, 1.807) is 12.1 Å². The molecule has 1 unspecified atom stereocenters. The van der Waals surface area contributed by atoms with Gasteiger partial charge in [-0.2, -0.15) is 0 Å². The molecule has 2 rings (SSSR count). The first-order chi connectivity index (χ1) is 9.97. The molecule has 0 aliphatic carbocycles. The molecule has 2 aromatic rings. The zero-order valence-corrected chi connectivity index (χ0v) is 12.2. The Morgan fingerprint density at radius 1 is 1.29 bits per heavy atom. The summed E-state index contributed by atoms with van der Waals surface area (Å²) in [7, 11) is 0. The van der Waals surface area contributed by atoms with Crippen LogP contribution in [-0.4, -0.2) is 17.0 Å². The van der Waals surface area contributed by atoms with Gasteiger partial charge in [0.1, 0.15) is 5.76 Å². The number of rotatable bonds is 5. The largest absolute Gasteiger partial charge is 0.481 e. The predicted molar refractivity (Wildman–Crippen MR) is 77.6 cm³/mol. The van der Waals surface area contributed by atoms with Crippen LogP contribution in [0.4, 0.5) is 0 Å². The normalized spacial score (nSPS) is 11.9. The summed E-state index contributed by atoms with van der Waals surface area (Å²) >= 11 is 11.7. The average Bonchev–Trinajstić information content (AvgIpc) is 2.90. The van der Waals surface area contributed by atoms with E-state index in [9.17, 15) is 9.59 Å². The number of carboxylic acid groups (broad SMARTS) is 1. The van der Waals surface area contributed by atoms with E-state index in [4.69, 9.17) is 32.7 Å². The molecule has 1 atom stereocenters. The molecular formula is C14H11Cl2NO4. The molecule has 1 amide bonds. The number of nitrogens with one attached hydrogen (secondary N) is 1. The van der Waals surface area contributed by atoms with E-state index in [0.717, 1.165) is 0 Å². The Labute approximate surface area is 130 Å². The summed E-state index contributed by atoms with van der Waals surface area (Å²) in [6.45, 7) is 0. The van der Waals surface area contributed by atoms with Crippen molar-refractivity contribution in [2.45, 2.75) is 12.5 Å². The third kappa shape index (κ3) is 4.00. The van der Waals surface area contributed by atoms with Gasteiger partial charge in [-0.15, -0.1) is 0 Å².